The number of hydrogen-bond acceptors (Lipinski definition) is 7. The van der Waals surface area contributed by atoms with Crippen LogP contribution >= 0.6 is 0 Å². The van der Waals surface area contributed by atoms with E-state index in [1.54, 1.807) is 43.5 Å². The van der Waals surface area contributed by atoms with E-state index < -0.39 is 17.7 Å². The Morgan fingerprint density at radius 3 is 2.45 bits per heavy atom. The van der Waals surface area contributed by atoms with E-state index in [9.17, 15) is 14.7 Å². The van der Waals surface area contributed by atoms with Gasteiger partial charge < -0.3 is 29.1 Å². The summed E-state index contributed by atoms with van der Waals surface area (Å²) in [4.78, 5) is 30.0. The molecule has 8 heteroatoms. The smallest absolute Gasteiger partial charge is 0.295 e. The fourth-order valence-electron chi connectivity index (χ4n) is 4.38. The van der Waals surface area contributed by atoms with Gasteiger partial charge in [0.2, 0.25) is 0 Å². The molecule has 1 heterocycles. The van der Waals surface area contributed by atoms with Crippen molar-refractivity contribution in [2.45, 2.75) is 45.6 Å². The topological polar surface area (TPSA) is 88.5 Å². The van der Waals surface area contributed by atoms with Crippen molar-refractivity contribution in [2.24, 2.45) is 0 Å². The average molecular weight is 525 g/mol. The number of methoxy groups -OCH3 is 1. The lowest BCUT2D eigenvalue weighted by molar-refractivity contribution is -0.140. The van der Waals surface area contributed by atoms with Gasteiger partial charge in [0.25, 0.3) is 11.7 Å². The number of amides is 1. The average Bonchev–Trinajstić information content (AvgIpc) is 3.17. The molecule has 1 amide bonds. The number of carbonyl (C=O) groups excluding carboxylic acids is 2. The van der Waals surface area contributed by atoms with Gasteiger partial charge in [-0.25, -0.2) is 0 Å². The second kappa shape index (κ2) is 13.9. The van der Waals surface area contributed by atoms with Gasteiger partial charge in [-0.3, -0.25) is 9.59 Å². The molecule has 38 heavy (non-hydrogen) atoms. The summed E-state index contributed by atoms with van der Waals surface area (Å²) in [6, 6.07) is 11.6. The molecule has 2 aromatic rings. The second-order valence-corrected chi connectivity index (χ2v) is 9.64. The quantitative estimate of drug-likeness (QED) is 0.160. The highest BCUT2D eigenvalue weighted by molar-refractivity contribution is 6.46. The van der Waals surface area contributed by atoms with Crippen LogP contribution in [-0.2, 0) is 9.59 Å². The number of nitrogens with zero attached hydrogens (tertiary/aromatic N) is 2. The minimum atomic E-state index is -0.779. The van der Waals surface area contributed by atoms with Gasteiger partial charge in [-0.15, -0.1) is 0 Å². The number of aliphatic hydroxyl groups excluding tert-OH is 1. The molecule has 2 aromatic carbocycles. The fourth-order valence-corrected chi connectivity index (χ4v) is 4.38. The Labute approximate surface area is 225 Å². The molecule has 1 saturated heterocycles. The number of ether oxygens (including phenoxy) is 3. The van der Waals surface area contributed by atoms with Gasteiger partial charge in [0, 0.05) is 18.7 Å². The Bertz CT molecular complexity index is 1140. The van der Waals surface area contributed by atoms with Crippen LogP contribution in [0.25, 0.3) is 5.76 Å². The molecule has 1 aliphatic rings. The van der Waals surface area contributed by atoms with Crippen LogP contribution in [0.5, 0.6) is 17.2 Å². The molecule has 1 atom stereocenters. The standard InChI is InChI=1S/C30H40N2O6/c1-6-8-9-18-38-24-14-13-21(20-25(24)36-5)27-26(29(34)30(35)32(27)16-15-31(3)4)28(33)22-11-10-12-23(19-22)37-17-7-2/h10-14,19-20,27,33H,6-9,15-18H2,1-5H3. The van der Waals surface area contributed by atoms with E-state index in [2.05, 4.69) is 6.92 Å². The highest BCUT2D eigenvalue weighted by atomic mass is 16.5. The predicted molar refractivity (Wildman–Crippen MR) is 148 cm³/mol. The van der Waals surface area contributed by atoms with Crippen molar-refractivity contribution in [3.63, 3.8) is 0 Å². The van der Waals surface area contributed by atoms with Crippen LogP contribution < -0.4 is 14.2 Å². The Kier molecular flexibility index (Phi) is 10.6. The Morgan fingerprint density at radius 1 is 0.974 bits per heavy atom. The highest BCUT2D eigenvalue weighted by Gasteiger charge is 2.46. The molecule has 0 saturated carbocycles. The number of benzene rings is 2. The largest absolute Gasteiger partial charge is 0.507 e. The molecule has 1 fully saturated rings. The maximum atomic E-state index is 13.3. The molecule has 0 aromatic heterocycles. The first-order valence-corrected chi connectivity index (χ1v) is 13.3. The number of rotatable bonds is 14. The number of ketones is 1. The lowest BCUT2D eigenvalue weighted by Crippen LogP contribution is -2.35. The monoisotopic (exact) mass is 524 g/mol. The summed E-state index contributed by atoms with van der Waals surface area (Å²) >= 11 is 0. The molecule has 206 valence electrons. The van der Waals surface area contributed by atoms with Crippen molar-refractivity contribution in [3.8, 4) is 17.2 Å². The summed E-state index contributed by atoms with van der Waals surface area (Å²) in [6.07, 6.45) is 3.95. The van der Waals surface area contributed by atoms with E-state index in [0.717, 1.165) is 25.7 Å². The third-order valence-corrected chi connectivity index (χ3v) is 6.42. The highest BCUT2D eigenvalue weighted by Crippen LogP contribution is 2.42. The zero-order valence-corrected chi connectivity index (χ0v) is 23.2. The molecule has 1 N–H and O–H groups in total. The van der Waals surface area contributed by atoms with E-state index in [4.69, 9.17) is 14.2 Å². The second-order valence-electron chi connectivity index (χ2n) is 9.64. The van der Waals surface area contributed by atoms with Crippen molar-refractivity contribution >= 4 is 17.4 Å². The van der Waals surface area contributed by atoms with Crippen LogP contribution in [0.2, 0.25) is 0 Å². The molecule has 1 aliphatic heterocycles. The summed E-state index contributed by atoms with van der Waals surface area (Å²) in [5, 5.41) is 11.4. The summed E-state index contributed by atoms with van der Waals surface area (Å²) < 4.78 is 17.2. The van der Waals surface area contributed by atoms with Crippen LogP contribution in [0.1, 0.15) is 56.7 Å². The Morgan fingerprint density at radius 2 is 1.76 bits per heavy atom. The van der Waals surface area contributed by atoms with Crippen LogP contribution in [0.3, 0.4) is 0 Å². The summed E-state index contributed by atoms with van der Waals surface area (Å²) in [5.41, 5.74) is 1.11. The van der Waals surface area contributed by atoms with Crippen molar-refractivity contribution in [3.05, 3.63) is 59.2 Å². The lowest BCUT2D eigenvalue weighted by Gasteiger charge is -2.27. The molecule has 0 bridgehead atoms. The van der Waals surface area contributed by atoms with E-state index in [1.807, 2.05) is 32.0 Å². The number of carbonyl (C=O) groups is 2. The normalized spacial score (nSPS) is 16.8. The maximum absolute atomic E-state index is 13.3. The number of Topliss-reactive ketones (excluding diaryl/α,β-unsaturated/α-hetero) is 1. The van der Waals surface area contributed by atoms with Gasteiger partial charge in [0.05, 0.1) is 31.9 Å². The number of aliphatic hydroxyl groups is 1. The molecule has 0 aliphatic carbocycles. The SMILES string of the molecule is CCCCCOc1ccc(C2C(=C(O)c3cccc(OCCC)c3)C(=O)C(=O)N2CCN(C)C)cc1OC. The Balaban J connectivity index is 2.07. The van der Waals surface area contributed by atoms with E-state index in [0.29, 0.717) is 54.7 Å². The minimum Gasteiger partial charge on any atom is -0.507 e. The minimum absolute atomic E-state index is 0.0417. The molecule has 8 nitrogen and oxygen atoms in total. The van der Waals surface area contributed by atoms with Gasteiger partial charge >= 0.3 is 0 Å². The summed E-state index contributed by atoms with van der Waals surface area (Å²) in [5.74, 6) is 0.0909. The van der Waals surface area contributed by atoms with Gasteiger partial charge in [-0.2, -0.15) is 0 Å². The zero-order chi connectivity index (χ0) is 27.7. The molecular weight excluding hydrogens is 484 g/mol. The maximum Gasteiger partial charge on any atom is 0.295 e. The predicted octanol–water partition coefficient (Wildman–Crippen LogP) is 5.04. The summed E-state index contributed by atoms with van der Waals surface area (Å²) in [6.45, 7) is 6.12. The van der Waals surface area contributed by atoms with Crippen molar-refractivity contribution in [1.82, 2.24) is 9.80 Å². The van der Waals surface area contributed by atoms with E-state index in [1.165, 1.54) is 4.90 Å². The number of hydrogen-bond donors (Lipinski definition) is 1. The zero-order valence-electron chi connectivity index (χ0n) is 23.2. The number of likely N-dealkylation sites (tertiary alicyclic amines) is 1. The molecular formula is C30H40N2O6. The third-order valence-electron chi connectivity index (χ3n) is 6.42. The first kappa shape index (κ1) is 29.0. The van der Waals surface area contributed by atoms with Crippen LogP contribution in [0, 0.1) is 0 Å². The van der Waals surface area contributed by atoms with Crippen LogP contribution in [0.4, 0.5) is 0 Å². The van der Waals surface area contributed by atoms with Crippen molar-refractivity contribution in [2.75, 3.05) is 47.5 Å². The van der Waals surface area contributed by atoms with Crippen molar-refractivity contribution in [1.29, 1.82) is 0 Å². The van der Waals surface area contributed by atoms with Crippen LogP contribution in [0.15, 0.2) is 48.0 Å². The first-order valence-electron chi connectivity index (χ1n) is 13.3. The van der Waals surface area contributed by atoms with Gasteiger partial charge in [0.1, 0.15) is 11.5 Å². The summed E-state index contributed by atoms with van der Waals surface area (Å²) in [7, 11) is 5.37. The van der Waals surface area contributed by atoms with E-state index >= 15 is 0 Å². The third kappa shape index (κ3) is 6.86. The first-order chi connectivity index (χ1) is 18.3. The Hall–Kier alpha value is -3.52. The van der Waals surface area contributed by atoms with Gasteiger partial charge in [-0.1, -0.05) is 44.9 Å². The number of unbranched alkanes of at least 4 members (excludes halogenated alkanes) is 2. The molecule has 0 radical (unpaired) electrons. The van der Waals surface area contributed by atoms with Crippen LogP contribution in [-0.4, -0.2) is 74.1 Å². The molecule has 3 rings (SSSR count). The molecule has 1 unspecified atom stereocenters. The molecule has 0 spiro atoms. The van der Waals surface area contributed by atoms with Crippen molar-refractivity contribution < 1.29 is 28.9 Å². The van der Waals surface area contributed by atoms with Gasteiger partial charge in [-0.05, 0) is 56.8 Å². The van der Waals surface area contributed by atoms with Gasteiger partial charge in [0.15, 0.2) is 11.5 Å². The number of likely N-dealkylation sites (N-methyl/N-ethyl adjacent to an activating group) is 1. The fraction of sp³-hybridized carbons (Fsp3) is 0.467. The van der Waals surface area contributed by atoms with E-state index in [-0.39, 0.29) is 11.3 Å². The lowest BCUT2D eigenvalue weighted by atomic mass is 9.95.